The molecule has 4 rings (SSSR count). The number of aryl methyl sites for hydroxylation is 2. The minimum absolute atomic E-state index is 0.0505. The van der Waals surface area contributed by atoms with Crippen molar-refractivity contribution < 1.29 is 9.15 Å². The van der Waals surface area contributed by atoms with Crippen LogP contribution >= 0.6 is 0 Å². The number of furan rings is 1. The lowest BCUT2D eigenvalue weighted by Gasteiger charge is -2.23. The molecule has 1 aliphatic heterocycles. The maximum absolute atomic E-state index is 6.21. The van der Waals surface area contributed by atoms with Crippen molar-refractivity contribution in [2.24, 2.45) is 0 Å². The number of fused-ring (bicyclic) bond motifs is 1. The summed E-state index contributed by atoms with van der Waals surface area (Å²) in [5.74, 6) is 1.92. The summed E-state index contributed by atoms with van der Waals surface area (Å²) in [5.41, 5.74) is 3.17. The SMILES string of the molecule is Cc1cccc(CO[C@@H]2CN(Cc3ccc(C)o3)Cc3ccnn3C2)n1. The van der Waals surface area contributed by atoms with Gasteiger partial charge in [-0.25, -0.2) is 0 Å². The van der Waals surface area contributed by atoms with E-state index in [0.29, 0.717) is 6.61 Å². The van der Waals surface area contributed by atoms with Crippen LogP contribution in [0.25, 0.3) is 0 Å². The van der Waals surface area contributed by atoms with Crippen LogP contribution < -0.4 is 0 Å². The largest absolute Gasteiger partial charge is 0.465 e. The molecule has 0 aliphatic carbocycles. The summed E-state index contributed by atoms with van der Waals surface area (Å²) in [4.78, 5) is 6.88. The van der Waals surface area contributed by atoms with Gasteiger partial charge in [-0.15, -0.1) is 0 Å². The molecule has 1 atom stereocenters. The van der Waals surface area contributed by atoms with Crippen molar-refractivity contribution in [1.82, 2.24) is 19.7 Å². The van der Waals surface area contributed by atoms with E-state index in [1.807, 2.05) is 55.1 Å². The summed E-state index contributed by atoms with van der Waals surface area (Å²) < 4.78 is 14.0. The predicted molar refractivity (Wildman–Crippen MR) is 97.3 cm³/mol. The van der Waals surface area contributed by atoms with E-state index in [1.165, 1.54) is 5.69 Å². The molecule has 3 aromatic rings. The van der Waals surface area contributed by atoms with Gasteiger partial charge in [0.25, 0.3) is 0 Å². The van der Waals surface area contributed by atoms with Crippen molar-refractivity contribution in [3.63, 3.8) is 0 Å². The molecule has 0 bridgehead atoms. The molecule has 4 heterocycles. The third kappa shape index (κ3) is 4.03. The highest BCUT2D eigenvalue weighted by Gasteiger charge is 2.23. The lowest BCUT2D eigenvalue weighted by molar-refractivity contribution is 0.00468. The molecule has 0 saturated heterocycles. The van der Waals surface area contributed by atoms with Gasteiger partial charge in [0.05, 0.1) is 37.2 Å². The molecule has 3 aromatic heterocycles. The van der Waals surface area contributed by atoms with Crippen LogP contribution in [0.1, 0.15) is 28.6 Å². The first kappa shape index (κ1) is 17.0. The molecular formula is C20H24N4O2. The Kier molecular flexibility index (Phi) is 4.86. The van der Waals surface area contributed by atoms with Gasteiger partial charge in [-0.05, 0) is 44.2 Å². The van der Waals surface area contributed by atoms with Crippen LogP contribution in [0.15, 0.2) is 47.0 Å². The van der Waals surface area contributed by atoms with Crippen LogP contribution in [0.5, 0.6) is 0 Å². The minimum atomic E-state index is 0.0505. The zero-order valence-corrected chi connectivity index (χ0v) is 15.3. The molecule has 6 nitrogen and oxygen atoms in total. The highest BCUT2D eigenvalue weighted by atomic mass is 16.5. The van der Waals surface area contributed by atoms with Crippen LogP contribution in [-0.4, -0.2) is 32.3 Å². The van der Waals surface area contributed by atoms with Gasteiger partial charge >= 0.3 is 0 Å². The second-order valence-corrected chi connectivity index (χ2v) is 6.89. The number of pyridine rings is 1. The molecule has 0 saturated carbocycles. The first-order chi connectivity index (χ1) is 12.7. The van der Waals surface area contributed by atoms with E-state index >= 15 is 0 Å². The molecule has 136 valence electrons. The molecule has 0 aromatic carbocycles. The molecule has 0 radical (unpaired) electrons. The van der Waals surface area contributed by atoms with E-state index in [9.17, 15) is 0 Å². The molecule has 0 N–H and O–H groups in total. The summed E-state index contributed by atoms with van der Waals surface area (Å²) >= 11 is 0. The second kappa shape index (κ2) is 7.43. The third-order valence-electron chi connectivity index (χ3n) is 4.62. The molecular weight excluding hydrogens is 328 g/mol. The Morgan fingerprint density at radius 3 is 2.88 bits per heavy atom. The van der Waals surface area contributed by atoms with Crippen LogP contribution in [-0.2, 0) is 31.0 Å². The zero-order chi connectivity index (χ0) is 17.9. The summed E-state index contributed by atoms with van der Waals surface area (Å²) in [7, 11) is 0. The van der Waals surface area contributed by atoms with Gasteiger partial charge in [0.15, 0.2) is 0 Å². The Bertz CT molecular complexity index is 870. The Morgan fingerprint density at radius 1 is 1.15 bits per heavy atom. The average Bonchev–Trinajstić information content (AvgIpc) is 3.18. The normalized spacial score (nSPS) is 17.8. The van der Waals surface area contributed by atoms with E-state index in [4.69, 9.17) is 9.15 Å². The van der Waals surface area contributed by atoms with Crippen molar-refractivity contribution in [1.29, 1.82) is 0 Å². The number of hydrogen-bond acceptors (Lipinski definition) is 5. The Hall–Kier alpha value is -2.44. The van der Waals surface area contributed by atoms with Gasteiger partial charge in [-0.1, -0.05) is 6.07 Å². The molecule has 1 aliphatic rings. The standard InChI is InChI=1S/C20H24N4O2/c1-15-4-3-5-17(22-15)14-25-20-12-23(11-19-7-6-16(2)26-19)10-18-8-9-21-24(18)13-20/h3-9,20H,10-14H2,1-2H3/t20-/m1/s1. The van der Waals surface area contributed by atoms with Crippen molar-refractivity contribution in [2.45, 2.75) is 46.2 Å². The first-order valence-electron chi connectivity index (χ1n) is 8.98. The number of aromatic nitrogens is 3. The quantitative estimate of drug-likeness (QED) is 0.706. The van der Waals surface area contributed by atoms with Crippen LogP contribution in [0, 0.1) is 13.8 Å². The summed E-state index contributed by atoms with van der Waals surface area (Å²) in [6, 6.07) is 12.2. The van der Waals surface area contributed by atoms with Gasteiger partial charge in [0.1, 0.15) is 11.5 Å². The van der Waals surface area contributed by atoms with E-state index in [0.717, 1.165) is 49.1 Å². The highest BCUT2D eigenvalue weighted by molar-refractivity contribution is 5.10. The second-order valence-electron chi connectivity index (χ2n) is 6.89. The van der Waals surface area contributed by atoms with Gasteiger partial charge in [-0.2, -0.15) is 5.10 Å². The van der Waals surface area contributed by atoms with Crippen molar-refractivity contribution in [3.05, 3.63) is 71.2 Å². The van der Waals surface area contributed by atoms with Crippen LogP contribution in [0.4, 0.5) is 0 Å². The van der Waals surface area contributed by atoms with Crippen molar-refractivity contribution >= 4 is 0 Å². The Morgan fingerprint density at radius 2 is 2.08 bits per heavy atom. The number of ether oxygens (including phenoxy) is 1. The minimum Gasteiger partial charge on any atom is -0.465 e. The van der Waals surface area contributed by atoms with Gasteiger partial charge in [0.2, 0.25) is 0 Å². The smallest absolute Gasteiger partial charge is 0.118 e. The molecule has 0 amide bonds. The van der Waals surface area contributed by atoms with E-state index in [-0.39, 0.29) is 6.10 Å². The lowest BCUT2D eigenvalue weighted by atomic mass is 10.3. The van der Waals surface area contributed by atoms with Crippen molar-refractivity contribution in [3.8, 4) is 0 Å². The Labute approximate surface area is 153 Å². The third-order valence-corrected chi connectivity index (χ3v) is 4.62. The Balaban J connectivity index is 1.47. The fourth-order valence-electron chi connectivity index (χ4n) is 3.39. The monoisotopic (exact) mass is 352 g/mol. The fraction of sp³-hybridized carbons (Fsp3) is 0.400. The van der Waals surface area contributed by atoms with E-state index in [2.05, 4.69) is 21.0 Å². The van der Waals surface area contributed by atoms with Crippen LogP contribution in [0.3, 0.4) is 0 Å². The maximum atomic E-state index is 6.21. The lowest BCUT2D eigenvalue weighted by Crippen LogP contribution is -2.32. The summed E-state index contributed by atoms with van der Waals surface area (Å²) in [5, 5.41) is 4.45. The summed E-state index contributed by atoms with van der Waals surface area (Å²) in [6.45, 7) is 7.66. The number of rotatable bonds is 5. The maximum Gasteiger partial charge on any atom is 0.118 e. The fourth-order valence-corrected chi connectivity index (χ4v) is 3.39. The van der Waals surface area contributed by atoms with Gasteiger partial charge in [0, 0.05) is 25.0 Å². The number of nitrogens with zero attached hydrogens (tertiary/aromatic N) is 4. The average molecular weight is 352 g/mol. The topological polar surface area (TPSA) is 56.3 Å². The summed E-state index contributed by atoms with van der Waals surface area (Å²) in [6.07, 6.45) is 1.91. The van der Waals surface area contributed by atoms with Crippen LogP contribution in [0.2, 0.25) is 0 Å². The van der Waals surface area contributed by atoms with Gasteiger partial charge < -0.3 is 9.15 Å². The number of hydrogen-bond donors (Lipinski definition) is 0. The molecule has 0 spiro atoms. The predicted octanol–water partition coefficient (Wildman–Crippen LogP) is 3.09. The molecule has 0 unspecified atom stereocenters. The molecule has 0 fully saturated rings. The van der Waals surface area contributed by atoms with E-state index < -0.39 is 0 Å². The highest BCUT2D eigenvalue weighted by Crippen LogP contribution is 2.18. The van der Waals surface area contributed by atoms with Gasteiger partial charge in [-0.3, -0.25) is 14.6 Å². The van der Waals surface area contributed by atoms with E-state index in [1.54, 1.807) is 0 Å². The van der Waals surface area contributed by atoms with Crippen molar-refractivity contribution in [2.75, 3.05) is 6.54 Å². The first-order valence-corrected chi connectivity index (χ1v) is 8.98. The zero-order valence-electron chi connectivity index (χ0n) is 15.3. The molecule has 26 heavy (non-hydrogen) atoms. The molecule has 6 heteroatoms.